The number of thioether (sulfide) groups is 1. The second-order valence-corrected chi connectivity index (χ2v) is 10.0. The van der Waals surface area contributed by atoms with E-state index in [1.807, 2.05) is 24.4 Å². The zero-order chi connectivity index (χ0) is 24.5. The Morgan fingerprint density at radius 3 is 2.56 bits per heavy atom. The molecule has 3 aromatic rings. The largest absolute Gasteiger partial charge is 0.493 e. The smallest absolute Gasteiger partial charge is 0.270 e. The first-order chi connectivity index (χ1) is 16.4. The van der Waals surface area contributed by atoms with Gasteiger partial charge >= 0.3 is 0 Å². The van der Waals surface area contributed by atoms with Crippen LogP contribution in [0.5, 0.6) is 11.5 Å². The number of carbonyl (C=O) groups excluding carboxylic acids is 2. The molecule has 0 aliphatic heterocycles. The molecule has 2 N–H and O–H groups in total. The van der Waals surface area contributed by atoms with Gasteiger partial charge in [-0.05, 0) is 49.6 Å². The van der Waals surface area contributed by atoms with Gasteiger partial charge < -0.3 is 9.47 Å². The molecule has 0 saturated heterocycles. The molecule has 2 amide bonds. The summed E-state index contributed by atoms with van der Waals surface area (Å²) in [5.41, 5.74) is 6.77. The molecule has 1 heterocycles. The number of nitrogens with zero attached hydrogens (tertiary/aromatic N) is 1. The summed E-state index contributed by atoms with van der Waals surface area (Å²) >= 11 is 3.13. The Morgan fingerprint density at radius 2 is 1.85 bits per heavy atom. The van der Waals surface area contributed by atoms with E-state index in [1.165, 1.54) is 18.9 Å². The molecule has 2 aromatic carbocycles. The van der Waals surface area contributed by atoms with Crippen molar-refractivity contribution >= 4 is 34.9 Å². The Kier molecular flexibility index (Phi) is 9.35. The van der Waals surface area contributed by atoms with Crippen molar-refractivity contribution < 1.29 is 19.1 Å². The van der Waals surface area contributed by atoms with Crippen LogP contribution in [-0.4, -0.2) is 30.5 Å². The van der Waals surface area contributed by atoms with Crippen LogP contribution in [0, 0.1) is 12.8 Å². The zero-order valence-electron chi connectivity index (χ0n) is 19.7. The van der Waals surface area contributed by atoms with E-state index in [0.29, 0.717) is 40.9 Å². The summed E-state index contributed by atoms with van der Waals surface area (Å²) in [6.07, 6.45) is 0.917. The van der Waals surface area contributed by atoms with E-state index in [0.717, 1.165) is 22.0 Å². The van der Waals surface area contributed by atoms with Gasteiger partial charge in [0.1, 0.15) is 0 Å². The SMILES string of the molecule is COc1cc(C(=O)NNC(=O)c2ccccc2SCc2csc(C)n2)ccc1OCCC(C)C. The van der Waals surface area contributed by atoms with Crippen molar-refractivity contribution in [1.82, 2.24) is 15.8 Å². The van der Waals surface area contributed by atoms with Gasteiger partial charge in [-0.25, -0.2) is 4.98 Å². The molecule has 0 atom stereocenters. The molecule has 34 heavy (non-hydrogen) atoms. The second-order valence-electron chi connectivity index (χ2n) is 7.95. The van der Waals surface area contributed by atoms with Crippen LogP contribution in [0.4, 0.5) is 0 Å². The number of aromatic nitrogens is 1. The van der Waals surface area contributed by atoms with Gasteiger partial charge in [0.25, 0.3) is 11.8 Å². The summed E-state index contributed by atoms with van der Waals surface area (Å²) in [6, 6.07) is 12.2. The van der Waals surface area contributed by atoms with E-state index < -0.39 is 11.8 Å². The van der Waals surface area contributed by atoms with E-state index in [4.69, 9.17) is 9.47 Å². The van der Waals surface area contributed by atoms with Crippen molar-refractivity contribution in [2.45, 2.75) is 37.8 Å². The average molecular weight is 500 g/mol. The third kappa shape index (κ3) is 7.23. The topological polar surface area (TPSA) is 89.6 Å². The lowest BCUT2D eigenvalue weighted by molar-refractivity contribution is 0.0845. The van der Waals surface area contributed by atoms with E-state index in [9.17, 15) is 9.59 Å². The molecule has 1 aromatic heterocycles. The number of benzene rings is 2. The van der Waals surface area contributed by atoms with Crippen LogP contribution in [0.2, 0.25) is 0 Å². The quantitative estimate of drug-likeness (QED) is 0.292. The van der Waals surface area contributed by atoms with Crippen molar-refractivity contribution in [3.8, 4) is 11.5 Å². The van der Waals surface area contributed by atoms with E-state index >= 15 is 0 Å². The van der Waals surface area contributed by atoms with E-state index in [2.05, 4.69) is 29.7 Å². The number of amides is 2. The Morgan fingerprint density at radius 1 is 1.09 bits per heavy atom. The number of thiazole rings is 1. The number of hydrogen-bond donors (Lipinski definition) is 2. The number of methoxy groups -OCH3 is 1. The highest BCUT2D eigenvalue weighted by molar-refractivity contribution is 7.98. The third-order valence-electron chi connectivity index (χ3n) is 4.84. The summed E-state index contributed by atoms with van der Waals surface area (Å²) in [6.45, 7) is 6.78. The molecule has 3 rings (SSSR count). The van der Waals surface area contributed by atoms with Crippen LogP contribution in [0.1, 0.15) is 51.7 Å². The molecular weight excluding hydrogens is 470 g/mol. The van der Waals surface area contributed by atoms with Crippen molar-refractivity contribution in [2.24, 2.45) is 5.92 Å². The summed E-state index contributed by atoms with van der Waals surface area (Å²) < 4.78 is 11.1. The van der Waals surface area contributed by atoms with Crippen molar-refractivity contribution in [3.63, 3.8) is 0 Å². The molecule has 0 radical (unpaired) electrons. The van der Waals surface area contributed by atoms with Gasteiger partial charge in [0.2, 0.25) is 0 Å². The van der Waals surface area contributed by atoms with Crippen LogP contribution >= 0.6 is 23.1 Å². The average Bonchev–Trinajstić information content (AvgIpc) is 3.26. The van der Waals surface area contributed by atoms with Gasteiger partial charge in [0, 0.05) is 21.6 Å². The van der Waals surface area contributed by atoms with Gasteiger partial charge in [0.15, 0.2) is 11.5 Å². The maximum absolute atomic E-state index is 12.8. The molecule has 0 fully saturated rings. The minimum atomic E-state index is -0.455. The van der Waals surface area contributed by atoms with Crippen LogP contribution in [0.15, 0.2) is 52.7 Å². The van der Waals surface area contributed by atoms with Crippen molar-refractivity contribution in [2.75, 3.05) is 13.7 Å². The minimum Gasteiger partial charge on any atom is -0.493 e. The van der Waals surface area contributed by atoms with Crippen LogP contribution in [0.3, 0.4) is 0 Å². The maximum Gasteiger partial charge on any atom is 0.270 e. The molecule has 0 spiro atoms. The Balaban J connectivity index is 1.60. The summed E-state index contributed by atoms with van der Waals surface area (Å²) in [5, 5.41) is 3.02. The second kappa shape index (κ2) is 12.4. The third-order valence-corrected chi connectivity index (χ3v) is 6.77. The summed E-state index contributed by atoms with van der Waals surface area (Å²) in [5.74, 6) is 1.37. The van der Waals surface area contributed by atoms with Gasteiger partial charge in [-0.15, -0.1) is 23.1 Å². The monoisotopic (exact) mass is 499 g/mol. The first-order valence-corrected chi connectivity index (χ1v) is 12.8. The van der Waals surface area contributed by atoms with Crippen LogP contribution < -0.4 is 20.3 Å². The molecule has 9 heteroatoms. The highest BCUT2D eigenvalue weighted by Crippen LogP contribution is 2.29. The predicted molar refractivity (Wildman–Crippen MR) is 136 cm³/mol. The normalized spacial score (nSPS) is 10.7. The van der Waals surface area contributed by atoms with Gasteiger partial charge in [-0.1, -0.05) is 26.0 Å². The highest BCUT2D eigenvalue weighted by Gasteiger charge is 2.15. The molecule has 0 bridgehead atoms. The number of rotatable bonds is 10. The van der Waals surface area contributed by atoms with E-state index in [-0.39, 0.29) is 0 Å². The first-order valence-electron chi connectivity index (χ1n) is 10.9. The number of ether oxygens (including phenoxy) is 2. The van der Waals surface area contributed by atoms with Crippen molar-refractivity contribution in [3.05, 3.63) is 69.7 Å². The number of hydrogen-bond acceptors (Lipinski definition) is 7. The fourth-order valence-electron chi connectivity index (χ4n) is 2.99. The standard InChI is InChI=1S/C25H29N3O4S2/c1-16(2)11-12-32-21-10-9-18(13-22(21)31-4)24(29)27-28-25(30)20-7-5-6-8-23(20)34-15-19-14-33-17(3)26-19/h5-10,13-14,16H,11-12,15H2,1-4H3,(H,27,29)(H,28,30). The Labute approximate surface area is 208 Å². The fraction of sp³-hybridized carbons (Fsp3) is 0.320. The first kappa shape index (κ1) is 25.6. The minimum absolute atomic E-state index is 0.343. The number of aryl methyl sites for hydroxylation is 1. The lowest BCUT2D eigenvalue weighted by Crippen LogP contribution is -2.41. The number of hydrazine groups is 1. The van der Waals surface area contributed by atoms with E-state index in [1.54, 1.807) is 41.7 Å². The van der Waals surface area contributed by atoms with Crippen LogP contribution in [0.25, 0.3) is 0 Å². The molecule has 0 saturated carbocycles. The lowest BCUT2D eigenvalue weighted by Gasteiger charge is -2.14. The molecule has 7 nitrogen and oxygen atoms in total. The van der Waals surface area contributed by atoms with Gasteiger partial charge in [0.05, 0.1) is 30.0 Å². The summed E-state index contributed by atoms with van der Waals surface area (Å²) in [7, 11) is 1.52. The Hall–Kier alpha value is -3.04. The summed E-state index contributed by atoms with van der Waals surface area (Å²) in [4.78, 5) is 30.7. The number of carbonyl (C=O) groups is 2. The zero-order valence-corrected chi connectivity index (χ0v) is 21.3. The molecule has 0 aliphatic carbocycles. The molecule has 0 unspecified atom stereocenters. The number of nitrogens with one attached hydrogen (secondary N) is 2. The maximum atomic E-state index is 12.8. The molecule has 180 valence electrons. The lowest BCUT2D eigenvalue weighted by atomic mass is 10.1. The molecular formula is C25H29N3O4S2. The van der Waals surface area contributed by atoms with Gasteiger partial charge in [-0.2, -0.15) is 0 Å². The van der Waals surface area contributed by atoms with Gasteiger partial charge in [-0.3, -0.25) is 20.4 Å². The van der Waals surface area contributed by atoms with Crippen molar-refractivity contribution in [1.29, 1.82) is 0 Å². The fourth-order valence-corrected chi connectivity index (χ4v) is 4.65. The predicted octanol–water partition coefficient (Wildman–Crippen LogP) is 5.25. The Bertz CT molecular complexity index is 1130. The highest BCUT2D eigenvalue weighted by atomic mass is 32.2. The molecule has 0 aliphatic rings. The van der Waals surface area contributed by atoms with Crippen LogP contribution in [-0.2, 0) is 5.75 Å².